The number of anilines is 1. The molecule has 0 bridgehead atoms. The van der Waals surface area contributed by atoms with Crippen molar-refractivity contribution in [3.05, 3.63) is 78.1 Å². The monoisotopic (exact) mass is 375 g/mol. The molecular formula is C23H29N5. The van der Waals surface area contributed by atoms with Gasteiger partial charge in [-0.1, -0.05) is 36.4 Å². The van der Waals surface area contributed by atoms with Gasteiger partial charge in [-0.2, -0.15) is 5.10 Å². The molecule has 0 radical (unpaired) electrons. The largest absolute Gasteiger partial charge is 0.369 e. The Balaban J connectivity index is 1.20. The van der Waals surface area contributed by atoms with Gasteiger partial charge in [0, 0.05) is 57.2 Å². The minimum Gasteiger partial charge on any atom is -0.369 e. The van der Waals surface area contributed by atoms with Crippen LogP contribution in [0.5, 0.6) is 0 Å². The Morgan fingerprint density at radius 3 is 2.18 bits per heavy atom. The maximum Gasteiger partial charge on any atom is 0.0769 e. The van der Waals surface area contributed by atoms with E-state index < -0.39 is 0 Å². The molecule has 3 aromatic rings. The molecule has 0 saturated carbocycles. The topological polar surface area (TPSA) is 36.3 Å². The Morgan fingerprint density at radius 1 is 0.857 bits per heavy atom. The molecule has 2 heterocycles. The van der Waals surface area contributed by atoms with Crippen LogP contribution in [0.3, 0.4) is 0 Å². The lowest BCUT2D eigenvalue weighted by atomic mass is 10.2. The Labute approximate surface area is 167 Å². The second-order valence-corrected chi connectivity index (χ2v) is 7.37. The van der Waals surface area contributed by atoms with E-state index in [1.807, 2.05) is 22.9 Å². The molecule has 0 atom stereocenters. The predicted molar refractivity (Wildman–Crippen MR) is 115 cm³/mol. The maximum atomic E-state index is 4.74. The quantitative estimate of drug-likeness (QED) is 0.644. The van der Waals surface area contributed by atoms with E-state index in [0.717, 1.165) is 57.2 Å². The molecule has 5 nitrogen and oxygen atoms in total. The van der Waals surface area contributed by atoms with Crippen LogP contribution in [0.2, 0.25) is 0 Å². The summed E-state index contributed by atoms with van der Waals surface area (Å²) in [5.74, 6) is 0. The Kier molecular flexibility index (Phi) is 6.04. The van der Waals surface area contributed by atoms with Gasteiger partial charge in [-0.3, -0.25) is 4.90 Å². The van der Waals surface area contributed by atoms with Gasteiger partial charge in [0.05, 0.1) is 11.4 Å². The van der Waals surface area contributed by atoms with Gasteiger partial charge in [0.25, 0.3) is 0 Å². The van der Waals surface area contributed by atoms with Gasteiger partial charge in [-0.05, 0) is 37.3 Å². The third-order valence-corrected chi connectivity index (χ3v) is 5.34. The van der Waals surface area contributed by atoms with Crippen LogP contribution >= 0.6 is 0 Å². The molecule has 1 aliphatic rings. The normalized spacial score (nSPS) is 15.1. The first kappa shape index (κ1) is 18.7. The molecule has 5 heteroatoms. The summed E-state index contributed by atoms with van der Waals surface area (Å²) in [7, 11) is 0. The minimum absolute atomic E-state index is 0.810. The highest BCUT2D eigenvalue weighted by atomic mass is 15.3. The van der Waals surface area contributed by atoms with Crippen LogP contribution in [0.25, 0.3) is 5.69 Å². The van der Waals surface area contributed by atoms with Crippen LogP contribution in [0, 0.1) is 6.92 Å². The van der Waals surface area contributed by atoms with Gasteiger partial charge in [-0.25, -0.2) is 4.68 Å². The molecule has 0 spiro atoms. The van der Waals surface area contributed by atoms with E-state index in [0.29, 0.717) is 0 Å². The summed E-state index contributed by atoms with van der Waals surface area (Å²) in [4.78, 5) is 5.02. The van der Waals surface area contributed by atoms with Crippen molar-refractivity contribution in [1.82, 2.24) is 20.0 Å². The second-order valence-electron chi connectivity index (χ2n) is 7.37. The average molecular weight is 376 g/mol. The lowest BCUT2D eigenvalue weighted by Crippen LogP contribution is -2.48. The molecule has 0 amide bonds. The molecule has 1 fully saturated rings. The number of nitrogens with one attached hydrogen (secondary N) is 1. The Bertz CT molecular complexity index is 851. The molecule has 146 valence electrons. The van der Waals surface area contributed by atoms with Crippen molar-refractivity contribution in [1.29, 1.82) is 0 Å². The van der Waals surface area contributed by atoms with Crippen LogP contribution < -0.4 is 10.2 Å². The standard InChI is InChI=1S/C23H29N5/c1-20-18-21(25-28(20)23-10-6-3-7-11-23)19-24-12-13-26-14-16-27(17-15-26)22-8-4-2-5-9-22/h2-11,18,24H,12-17,19H2,1H3. The van der Waals surface area contributed by atoms with E-state index in [1.165, 1.54) is 11.4 Å². The smallest absolute Gasteiger partial charge is 0.0769 e. The molecule has 1 aliphatic heterocycles. The van der Waals surface area contributed by atoms with Crippen LogP contribution in [0.1, 0.15) is 11.4 Å². The highest BCUT2D eigenvalue weighted by Gasteiger charge is 2.16. The average Bonchev–Trinajstić information content (AvgIpc) is 3.13. The third-order valence-electron chi connectivity index (χ3n) is 5.34. The zero-order valence-electron chi connectivity index (χ0n) is 16.6. The molecule has 28 heavy (non-hydrogen) atoms. The van der Waals surface area contributed by atoms with E-state index in [4.69, 9.17) is 5.10 Å². The lowest BCUT2D eigenvalue weighted by Gasteiger charge is -2.36. The summed E-state index contributed by atoms with van der Waals surface area (Å²) in [6.45, 7) is 9.44. The van der Waals surface area contributed by atoms with E-state index in [9.17, 15) is 0 Å². The van der Waals surface area contributed by atoms with Gasteiger partial charge in [0.1, 0.15) is 0 Å². The highest BCUT2D eigenvalue weighted by Crippen LogP contribution is 2.15. The summed E-state index contributed by atoms with van der Waals surface area (Å²) < 4.78 is 2.01. The predicted octanol–water partition coefficient (Wildman–Crippen LogP) is 3.09. The maximum absolute atomic E-state index is 4.74. The number of aromatic nitrogens is 2. The summed E-state index contributed by atoms with van der Waals surface area (Å²) in [6.07, 6.45) is 0. The van der Waals surface area contributed by atoms with E-state index in [1.54, 1.807) is 0 Å². The van der Waals surface area contributed by atoms with Gasteiger partial charge in [0.15, 0.2) is 0 Å². The number of hydrogen-bond donors (Lipinski definition) is 1. The van der Waals surface area contributed by atoms with Crippen molar-refractivity contribution in [2.75, 3.05) is 44.2 Å². The number of hydrogen-bond acceptors (Lipinski definition) is 4. The van der Waals surface area contributed by atoms with Crippen LogP contribution in [-0.2, 0) is 6.54 Å². The molecular weight excluding hydrogens is 346 g/mol. The fourth-order valence-corrected chi connectivity index (χ4v) is 3.78. The van der Waals surface area contributed by atoms with E-state index in [-0.39, 0.29) is 0 Å². The molecule has 1 N–H and O–H groups in total. The minimum atomic E-state index is 0.810. The van der Waals surface area contributed by atoms with Gasteiger partial charge < -0.3 is 10.2 Å². The van der Waals surface area contributed by atoms with E-state index >= 15 is 0 Å². The van der Waals surface area contributed by atoms with Crippen molar-refractivity contribution in [2.45, 2.75) is 13.5 Å². The zero-order chi connectivity index (χ0) is 19.2. The number of benzene rings is 2. The first-order valence-corrected chi connectivity index (χ1v) is 10.1. The molecule has 0 aliphatic carbocycles. The van der Waals surface area contributed by atoms with Crippen LogP contribution in [-0.4, -0.2) is 53.9 Å². The number of para-hydroxylation sites is 2. The van der Waals surface area contributed by atoms with Gasteiger partial charge in [-0.15, -0.1) is 0 Å². The van der Waals surface area contributed by atoms with Crippen molar-refractivity contribution >= 4 is 5.69 Å². The van der Waals surface area contributed by atoms with Gasteiger partial charge in [0.2, 0.25) is 0 Å². The number of aryl methyl sites for hydroxylation is 1. The van der Waals surface area contributed by atoms with Crippen LogP contribution in [0.4, 0.5) is 5.69 Å². The molecule has 4 rings (SSSR count). The van der Waals surface area contributed by atoms with E-state index in [2.05, 4.69) is 70.6 Å². The number of piperazine rings is 1. The zero-order valence-corrected chi connectivity index (χ0v) is 16.6. The Hall–Kier alpha value is -2.63. The number of nitrogens with zero attached hydrogens (tertiary/aromatic N) is 4. The summed E-state index contributed by atoms with van der Waals surface area (Å²) >= 11 is 0. The fraction of sp³-hybridized carbons (Fsp3) is 0.348. The molecule has 1 aromatic heterocycles. The van der Waals surface area contributed by atoms with Crippen LogP contribution in [0.15, 0.2) is 66.7 Å². The second kappa shape index (κ2) is 9.04. The summed E-state index contributed by atoms with van der Waals surface area (Å²) in [5, 5.41) is 8.29. The van der Waals surface area contributed by atoms with Crippen molar-refractivity contribution < 1.29 is 0 Å². The highest BCUT2D eigenvalue weighted by molar-refractivity contribution is 5.46. The van der Waals surface area contributed by atoms with Crippen molar-refractivity contribution in [2.24, 2.45) is 0 Å². The third kappa shape index (κ3) is 4.61. The summed E-state index contributed by atoms with van der Waals surface area (Å²) in [6, 6.07) is 23.2. The molecule has 2 aromatic carbocycles. The van der Waals surface area contributed by atoms with Crippen molar-refractivity contribution in [3.63, 3.8) is 0 Å². The Morgan fingerprint density at radius 2 is 1.50 bits per heavy atom. The van der Waals surface area contributed by atoms with Crippen molar-refractivity contribution in [3.8, 4) is 5.69 Å². The lowest BCUT2D eigenvalue weighted by molar-refractivity contribution is 0.257. The SMILES string of the molecule is Cc1cc(CNCCN2CCN(c3ccccc3)CC2)nn1-c1ccccc1. The summed E-state index contributed by atoms with van der Waals surface area (Å²) in [5.41, 5.74) is 4.71. The first-order chi connectivity index (χ1) is 13.8. The number of rotatable bonds is 7. The molecule has 0 unspecified atom stereocenters. The fourth-order valence-electron chi connectivity index (χ4n) is 3.78. The van der Waals surface area contributed by atoms with Gasteiger partial charge >= 0.3 is 0 Å². The first-order valence-electron chi connectivity index (χ1n) is 10.1. The molecule has 1 saturated heterocycles.